The average Bonchev–Trinajstić information content (AvgIpc) is 3.35. The molecule has 1 fully saturated rings. The van der Waals surface area contributed by atoms with Crippen molar-refractivity contribution in [3.63, 3.8) is 0 Å². The minimum absolute atomic E-state index is 0.0340. The quantitative estimate of drug-likeness (QED) is 0.508. The third kappa shape index (κ3) is 3.74. The highest BCUT2D eigenvalue weighted by Crippen LogP contribution is 2.29. The van der Waals surface area contributed by atoms with Crippen LogP contribution in [0, 0.1) is 0 Å². The number of piperidine rings is 1. The predicted octanol–water partition coefficient (Wildman–Crippen LogP) is 3.89. The van der Waals surface area contributed by atoms with Crippen LogP contribution in [-0.4, -0.2) is 49.5 Å². The highest BCUT2D eigenvalue weighted by molar-refractivity contribution is 5.98. The highest BCUT2D eigenvalue weighted by Gasteiger charge is 2.32. The van der Waals surface area contributed by atoms with Gasteiger partial charge in [-0.1, -0.05) is 24.3 Å². The lowest BCUT2D eigenvalue weighted by Crippen LogP contribution is -2.49. The van der Waals surface area contributed by atoms with Crippen LogP contribution in [0.15, 0.2) is 73.2 Å². The number of carbonyl (C=O) groups is 1. The van der Waals surface area contributed by atoms with Gasteiger partial charge in [-0.05, 0) is 50.1 Å². The molecule has 4 aromatic rings. The molecule has 156 valence electrons. The van der Waals surface area contributed by atoms with E-state index in [0.29, 0.717) is 17.8 Å². The smallest absolute Gasteiger partial charge is 0.256 e. The molecule has 0 unspecified atom stereocenters. The van der Waals surface area contributed by atoms with E-state index in [9.17, 15) is 4.79 Å². The molecular formula is C24H23N5O2. The maximum absolute atomic E-state index is 13.5. The second-order valence-electron chi connectivity index (χ2n) is 7.79. The monoisotopic (exact) mass is 413 g/mol. The summed E-state index contributed by atoms with van der Waals surface area (Å²) in [5, 5.41) is 9.38. The molecule has 0 bridgehead atoms. The summed E-state index contributed by atoms with van der Waals surface area (Å²) < 4.78 is 6.37. The first-order valence-corrected chi connectivity index (χ1v) is 10.5. The lowest BCUT2D eigenvalue weighted by atomic mass is 9.99. The van der Waals surface area contributed by atoms with Crippen molar-refractivity contribution in [1.29, 1.82) is 0 Å². The fourth-order valence-corrected chi connectivity index (χ4v) is 4.13. The standard InChI is InChI=1S/C24H23N5O2/c1-17-10-11-18(31-23-12-13-25-21-8-4-2-6-19(21)23)16-28(17)24(30)20-7-3-5-9-22(20)29-26-14-15-27-29/h2-9,12-15,17-18H,10-11,16H2,1H3/t17-,18+/m0/s1. The number of pyridine rings is 1. The minimum atomic E-state index is -0.0825. The van der Waals surface area contributed by atoms with Gasteiger partial charge in [-0.15, -0.1) is 0 Å². The molecule has 31 heavy (non-hydrogen) atoms. The molecule has 0 spiro atoms. The van der Waals surface area contributed by atoms with E-state index < -0.39 is 0 Å². The molecule has 1 aliphatic rings. The zero-order valence-electron chi connectivity index (χ0n) is 17.3. The molecular weight excluding hydrogens is 390 g/mol. The van der Waals surface area contributed by atoms with Crippen LogP contribution in [0.4, 0.5) is 0 Å². The van der Waals surface area contributed by atoms with Crippen molar-refractivity contribution in [1.82, 2.24) is 24.9 Å². The normalized spacial score (nSPS) is 18.8. The average molecular weight is 413 g/mol. The Morgan fingerprint density at radius 2 is 1.74 bits per heavy atom. The number of hydrogen-bond donors (Lipinski definition) is 0. The molecule has 2 aromatic heterocycles. The second kappa shape index (κ2) is 8.18. The van der Waals surface area contributed by atoms with Crippen molar-refractivity contribution in [2.75, 3.05) is 6.54 Å². The predicted molar refractivity (Wildman–Crippen MR) is 117 cm³/mol. The van der Waals surface area contributed by atoms with Gasteiger partial charge in [0.25, 0.3) is 5.91 Å². The molecule has 1 saturated heterocycles. The maximum Gasteiger partial charge on any atom is 0.256 e. The van der Waals surface area contributed by atoms with E-state index in [1.165, 1.54) is 4.80 Å². The van der Waals surface area contributed by atoms with Gasteiger partial charge in [0.15, 0.2) is 0 Å². The fraction of sp³-hybridized carbons (Fsp3) is 0.250. The van der Waals surface area contributed by atoms with Crippen LogP contribution in [0.25, 0.3) is 16.6 Å². The van der Waals surface area contributed by atoms with Crippen LogP contribution < -0.4 is 4.74 Å². The summed E-state index contributed by atoms with van der Waals surface area (Å²) in [6.07, 6.45) is 6.66. The third-order valence-electron chi connectivity index (χ3n) is 5.77. The van der Waals surface area contributed by atoms with Crippen molar-refractivity contribution in [3.8, 4) is 11.4 Å². The summed E-state index contributed by atoms with van der Waals surface area (Å²) in [6, 6.07) is 17.4. The van der Waals surface area contributed by atoms with Crippen LogP contribution >= 0.6 is 0 Å². The topological polar surface area (TPSA) is 73.1 Å². The second-order valence-corrected chi connectivity index (χ2v) is 7.79. The summed E-state index contributed by atoms with van der Waals surface area (Å²) in [4.78, 5) is 21.3. The Morgan fingerprint density at radius 1 is 0.968 bits per heavy atom. The number of likely N-dealkylation sites (tertiary alicyclic amines) is 1. The summed E-state index contributed by atoms with van der Waals surface area (Å²) in [7, 11) is 0. The molecule has 7 heteroatoms. The Labute approximate surface area is 180 Å². The van der Waals surface area contributed by atoms with Crippen molar-refractivity contribution in [2.24, 2.45) is 0 Å². The van der Waals surface area contributed by atoms with Crippen LogP contribution in [0.1, 0.15) is 30.1 Å². The first-order valence-electron chi connectivity index (χ1n) is 10.5. The Balaban J connectivity index is 1.40. The molecule has 2 atom stereocenters. The molecule has 0 radical (unpaired) electrons. The molecule has 5 rings (SSSR count). The van der Waals surface area contributed by atoms with Crippen LogP contribution in [0.2, 0.25) is 0 Å². The zero-order chi connectivity index (χ0) is 21.2. The van der Waals surface area contributed by atoms with E-state index in [-0.39, 0.29) is 18.1 Å². The van der Waals surface area contributed by atoms with Gasteiger partial charge >= 0.3 is 0 Å². The molecule has 1 aliphatic heterocycles. The number of ether oxygens (including phenoxy) is 1. The van der Waals surface area contributed by atoms with Crippen LogP contribution in [0.3, 0.4) is 0 Å². The molecule has 3 heterocycles. The molecule has 0 aliphatic carbocycles. The summed E-state index contributed by atoms with van der Waals surface area (Å²) in [6.45, 7) is 2.61. The van der Waals surface area contributed by atoms with Crippen molar-refractivity contribution >= 4 is 16.8 Å². The molecule has 0 N–H and O–H groups in total. The van der Waals surface area contributed by atoms with Gasteiger partial charge in [-0.2, -0.15) is 15.0 Å². The molecule has 2 aromatic carbocycles. The fourth-order valence-electron chi connectivity index (χ4n) is 4.13. The number of rotatable bonds is 4. The van der Waals surface area contributed by atoms with Crippen molar-refractivity contribution in [3.05, 3.63) is 78.8 Å². The summed E-state index contributed by atoms with van der Waals surface area (Å²) in [5.41, 5.74) is 2.16. The van der Waals surface area contributed by atoms with Gasteiger partial charge in [0.2, 0.25) is 0 Å². The van der Waals surface area contributed by atoms with Crippen LogP contribution in [-0.2, 0) is 0 Å². The van der Waals surface area contributed by atoms with Gasteiger partial charge in [0.1, 0.15) is 11.9 Å². The minimum Gasteiger partial charge on any atom is -0.488 e. The molecule has 7 nitrogen and oxygen atoms in total. The summed E-state index contributed by atoms with van der Waals surface area (Å²) >= 11 is 0. The van der Waals surface area contributed by atoms with Gasteiger partial charge in [0, 0.05) is 17.6 Å². The van der Waals surface area contributed by atoms with Crippen molar-refractivity contribution < 1.29 is 9.53 Å². The van der Waals surface area contributed by atoms with E-state index in [2.05, 4.69) is 22.1 Å². The van der Waals surface area contributed by atoms with E-state index in [4.69, 9.17) is 4.74 Å². The SMILES string of the molecule is C[C@H]1CC[C@@H](Oc2ccnc3ccccc23)CN1C(=O)c1ccccc1-n1nccn1. The van der Waals surface area contributed by atoms with Gasteiger partial charge in [-0.3, -0.25) is 9.78 Å². The Hall–Kier alpha value is -3.74. The zero-order valence-corrected chi connectivity index (χ0v) is 17.3. The number of hydrogen-bond acceptors (Lipinski definition) is 5. The van der Waals surface area contributed by atoms with E-state index in [0.717, 1.165) is 29.5 Å². The third-order valence-corrected chi connectivity index (χ3v) is 5.77. The largest absolute Gasteiger partial charge is 0.488 e. The molecule has 1 amide bonds. The van der Waals surface area contributed by atoms with Gasteiger partial charge < -0.3 is 9.64 Å². The Morgan fingerprint density at radius 3 is 2.61 bits per heavy atom. The number of fused-ring (bicyclic) bond motifs is 1. The van der Waals surface area contributed by atoms with Crippen LogP contribution in [0.5, 0.6) is 5.75 Å². The first kappa shape index (κ1) is 19.2. The first-order chi connectivity index (χ1) is 15.2. The Bertz CT molecular complexity index is 1200. The van der Waals surface area contributed by atoms with E-state index in [1.54, 1.807) is 18.6 Å². The number of benzene rings is 2. The number of nitrogens with zero attached hydrogens (tertiary/aromatic N) is 5. The number of carbonyl (C=O) groups excluding carboxylic acids is 1. The highest BCUT2D eigenvalue weighted by atomic mass is 16.5. The van der Waals surface area contributed by atoms with E-state index >= 15 is 0 Å². The number of amides is 1. The maximum atomic E-state index is 13.5. The Kier molecular flexibility index (Phi) is 5.08. The number of para-hydroxylation sites is 2. The van der Waals surface area contributed by atoms with Gasteiger partial charge in [-0.25, -0.2) is 0 Å². The lowest BCUT2D eigenvalue weighted by molar-refractivity contribution is 0.0388. The number of aromatic nitrogens is 4. The molecule has 0 saturated carbocycles. The summed E-state index contributed by atoms with van der Waals surface area (Å²) in [5.74, 6) is 0.770. The van der Waals surface area contributed by atoms with Gasteiger partial charge in [0.05, 0.1) is 35.7 Å². The lowest BCUT2D eigenvalue weighted by Gasteiger charge is -2.38. The van der Waals surface area contributed by atoms with Crippen molar-refractivity contribution in [2.45, 2.75) is 31.9 Å². The van der Waals surface area contributed by atoms with E-state index in [1.807, 2.05) is 59.5 Å².